The summed E-state index contributed by atoms with van der Waals surface area (Å²) in [5.41, 5.74) is 2.38. The Labute approximate surface area is 164 Å². The highest BCUT2D eigenvalue weighted by Crippen LogP contribution is 2.31. The largest absolute Gasteiger partial charge is 0.322 e. The number of nitrogens with zero attached hydrogens (tertiary/aromatic N) is 3. The highest BCUT2D eigenvalue weighted by molar-refractivity contribution is 5.97. The van der Waals surface area contributed by atoms with Gasteiger partial charge in [0.25, 0.3) is 0 Å². The third-order valence-electron chi connectivity index (χ3n) is 4.78. The fraction of sp³-hybridized carbons (Fsp3) is 0.0455. The van der Waals surface area contributed by atoms with Gasteiger partial charge >= 0.3 is 0 Å². The average molecular weight is 387 g/mol. The van der Waals surface area contributed by atoms with Crippen molar-refractivity contribution in [2.24, 2.45) is 0 Å². The van der Waals surface area contributed by atoms with Crippen molar-refractivity contribution < 1.29 is 8.78 Å². The molecular weight excluding hydrogens is 372 g/mol. The minimum atomic E-state index is -0.621. The Bertz CT molecular complexity index is 1350. The lowest BCUT2D eigenvalue weighted by Crippen LogP contribution is -2.01. The van der Waals surface area contributed by atoms with Gasteiger partial charge in [0.05, 0.1) is 16.4 Å². The first-order valence-corrected chi connectivity index (χ1v) is 9.05. The number of aromatic nitrogens is 4. The zero-order valence-corrected chi connectivity index (χ0v) is 15.2. The minimum absolute atomic E-state index is 0.326. The molecule has 0 aliphatic carbocycles. The second kappa shape index (κ2) is 6.94. The molecule has 0 bridgehead atoms. The van der Waals surface area contributed by atoms with E-state index in [0.29, 0.717) is 45.0 Å². The van der Waals surface area contributed by atoms with Crippen molar-refractivity contribution in [1.29, 1.82) is 0 Å². The molecule has 0 radical (unpaired) electrons. The van der Waals surface area contributed by atoms with Gasteiger partial charge in [0.2, 0.25) is 0 Å². The number of alkyl halides is 1. The summed E-state index contributed by atoms with van der Waals surface area (Å²) in [6.45, 7) is -0.621. The lowest BCUT2D eigenvalue weighted by Gasteiger charge is -2.11. The van der Waals surface area contributed by atoms with Crippen LogP contribution >= 0.6 is 0 Å². The number of hydrogen-bond donors (Lipinski definition) is 2. The van der Waals surface area contributed by atoms with Crippen LogP contribution in [-0.4, -0.2) is 20.2 Å². The Morgan fingerprint density at radius 3 is 2.59 bits per heavy atom. The molecule has 0 unspecified atom stereocenters. The summed E-state index contributed by atoms with van der Waals surface area (Å²) in [6, 6.07) is 19.3. The quantitative estimate of drug-likeness (QED) is 0.426. The van der Waals surface area contributed by atoms with E-state index in [1.54, 1.807) is 30.3 Å². The molecule has 0 saturated heterocycles. The van der Waals surface area contributed by atoms with E-state index >= 15 is 0 Å². The number of H-pyrrole nitrogens is 1. The fourth-order valence-corrected chi connectivity index (χ4v) is 3.38. The van der Waals surface area contributed by atoms with Crippen LogP contribution < -0.4 is 5.32 Å². The number of anilines is 2. The zero-order chi connectivity index (χ0) is 19.8. The third-order valence-corrected chi connectivity index (χ3v) is 4.78. The normalized spacial score (nSPS) is 11.2. The molecule has 3 aromatic carbocycles. The van der Waals surface area contributed by atoms with Gasteiger partial charge in [0.1, 0.15) is 18.3 Å². The lowest BCUT2D eigenvalue weighted by molar-refractivity contribution is 0.486. The summed E-state index contributed by atoms with van der Waals surface area (Å²) in [6.07, 6.45) is 0. The van der Waals surface area contributed by atoms with Crippen molar-refractivity contribution in [2.75, 3.05) is 5.32 Å². The molecule has 0 amide bonds. The molecule has 0 fully saturated rings. The van der Waals surface area contributed by atoms with E-state index in [0.717, 1.165) is 5.39 Å². The summed E-state index contributed by atoms with van der Waals surface area (Å²) < 4.78 is 27.8. The van der Waals surface area contributed by atoms with Gasteiger partial charge in [-0.1, -0.05) is 42.5 Å². The van der Waals surface area contributed by atoms with Crippen LogP contribution in [0.4, 0.5) is 20.4 Å². The maximum absolute atomic E-state index is 14.4. The Morgan fingerprint density at radius 1 is 0.862 bits per heavy atom. The molecule has 5 nitrogen and oxygen atoms in total. The maximum Gasteiger partial charge on any atom is 0.164 e. The number of hydrogen-bond acceptors (Lipinski definition) is 4. The molecular formula is C22H15F2N5. The number of nitrogens with one attached hydrogen (secondary N) is 2. The van der Waals surface area contributed by atoms with Crippen molar-refractivity contribution in [3.8, 4) is 11.4 Å². The Morgan fingerprint density at radius 2 is 1.69 bits per heavy atom. The fourth-order valence-electron chi connectivity index (χ4n) is 3.38. The molecule has 0 aliphatic heterocycles. The number of fused-ring (bicyclic) bond motifs is 2. The first-order valence-electron chi connectivity index (χ1n) is 9.05. The Balaban J connectivity index is 1.70. The van der Waals surface area contributed by atoms with Crippen molar-refractivity contribution in [3.63, 3.8) is 0 Å². The van der Waals surface area contributed by atoms with E-state index in [4.69, 9.17) is 0 Å². The van der Waals surface area contributed by atoms with E-state index in [2.05, 4.69) is 25.5 Å². The number of para-hydroxylation sites is 1. The van der Waals surface area contributed by atoms with Crippen molar-refractivity contribution in [1.82, 2.24) is 20.2 Å². The molecule has 2 N–H and O–H groups in total. The van der Waals surface area contributed by atoms with E-state index in [-0.39, 0.29) is 5.82 Å². The van der Waals surface area contributed by atoms with Crippen LogP contribution in [0.2, 0.25) is 0 Å². The molecule has 142 valence electrons. The molecule has 0 atom stereocenters. The molecule has 0 spiro atoms. The van der Waals surface area contributed by atoms with E-state index in [1.165, 1.54) is 6.07 Å². The molecule has 0 saturated carbocycles. The summed E-state index contributed by atoms with van der Waals surface area (Å²) in [5.74, 6) is 0.794. The second-order valence-corrected chi connectivity index (χ2v) is 6.56. The molecule has 7 heteroatoms. The number of benzene rings is 3. The van der Waals surface area contributed by atoms with Crippen LogP contribution in [0.25, 0.3) is 33.2 Å². The van der Waals surface area contributed by atoms with Gasteiger partial charge in [-0.3, -0.25) is 5.10 Å². The Kier molecular flexibility index (Phi) is 4.13. The zero-order valence-electron chi connectivity index (χ0n) is 15.2. The van der Waals surface area contributed by atoms with Gasteiger partial charge in [-0.05, 0) is 29.8 Å². The van der Waals surface area contributed by atoms with Crippen molar-refractivity contribution in [2.45, 2.75) is 6.67 Å². The maximum atomic E-state index is 14.4. The van der Waals surface area contributed by atoms with Crippen LogP contribution in [-0.2, 0) is 6.67 Å². The second-order valence-electron chi connectivity index (χ2n) is 6.56. The molecule has 2 heterocycles. The van der Waals surface area contributed by atoms with Gasteiger partial charge < -0.3 is 5.32 Å². The number of rotatable bonds is 4. The van der Waals surface area contributed by atoms with E-state index < -0.39 is 6.67 Å². The van der Waals surface area contributed by atoms with Crippen LogP contribution in [0, 0.1) is 5.82 Å². The number of halogens is 2. The van der Waals surface area contributed by atoms with Crippen LogP contribution in [0.1, 0.15) is 5.56 Å². The van der Waals surface area contributed by atoms with Gasteiger partial charge in [-0.15, -0.1) is 0 Å². The third kappa shape index (κ3) is 2.97. The first kappa shape index (κ1) is 17.2. The Hall–Kier alpha value is -3.87. The standard InChI is InChI=1S/C22H15F2N5/c23-12-13-6-1-2-7-14(13)20-25-17-10-4-3-8-15(17)21(26-20)27-22-19-16(24)9-5-11-18(19)28-29-22/h1-11H,12H2,(H2,25,26,27,28,29). The average Bonchev–Trinajstić information content (AvgIpc) is 3.17. The summed E-state index contributed by atoms with van der Waals surface area (Å²) >= 11 is 0. The highest BCUT2D eigenvalue weighted by Gasteiger charge is 2.16. The van der Waals surface area contributed by atoms with E-state index in [9.17, 15) is 8.78 Å². The van der Waals surface area contributed by atoms with Crippen molar-refractivity contribution >= 4 is 33.4 Å². The van der Waals surface area contributed by atoms with Crippen LogP contribution in [0.3, 0.4) is 0 Å². The summed E-state index contributed by atoms with van der Waals surface area (Å²) in [5, 5.41) is 11.2. The van der Waals surface area contributed by atoms with Crippen LogP contribution in [0.15, 0.2) is 66.7 Å². The summed E-state index contributed by atoms with van der Waals surface area (Å²) in [7, 11) is 0. The molecule has 0 aliphatic rings. The first-order chi connectivity index (χ1) is 14.2. The topological polar surface area (TPSA) is 66.5 Å². The van der Waals surface area contributed by atoms with Gasteiger partial charge in [-0.2, -0.15) is 5.10 Å². The SMILES string of the molecule is FCc1ccccc1-c1nc(Nc2n[nH]c3cccc(F)c23)c2ccccc2n1. The van der Waals surface area contributed by atoms with Crippen molar-refractivity contribution in [3.05, 3.63) is 78.1 Å². The minimum Gasteiger partial charge on any atom is -0.322 e. The molecule has 2 aromatic heterocycles. The smallest absolute Gasteiger partial charge is 0.164 e. The van der Waals surface area contributed by atoms with Gasteiger partial charge in [0, 0.05) is 10.9 Å². The van der Waals surface area contributed by atoms with Crippen LogP contribution in [0.5, 0.6) is 0 Å². The van der Waals surface area contributed by atoms with E-state index in [1.807, 2.05) is 30.3 Å². The highest BCUT2D eigenvalue weighted by atomic mass is 19.1. The van der Waals surface area contributed by atoms with Gasteiger partial charge in [0.15, 0.2) is 11.6 Å². The van der Waals surface area contributed by atoms with Gasteiger partial charge in [-0.25, -0.2) is 18.7 Å². The predicted octanol–water partition coefficient (Wildman–Crippen LogP) is 5.53. The summed E-state index contributed by atoms with van der Waals surface area (Å²) in [4.78, 5) is 9.23. The molecule has 29 heavy (non-hydrogen) atoms. The molecule has 5 aromatic rings. The number of aromatic amines is 1. The monoisotopic (exact) mass is 387 g/mol. The molecule has 5 rings (SSSR count). The lowest BCUT2D eigenvalue weighted by atomic mass is 10.1. The predicted molar refractivity (Wildman–Crippen MR) is 109 cm³/mol.